The molecule has 1 atom stereocenters. The van der Waals surface area contributed by atoms with Crippen LogP contribution in [-0.2, 0) is 15.7 Å². The third kappa shape index (κ3) is 8.80. The van der Waals surface area contributed by atoms with Gasteiger partial charge in [0.15, 0.2) is 0 Å². The van der Waals surface area contributed by atoms with Crippen molar-refractivity contribution in [2.45, 2.75) is 76.7 Å². The molecule has 7 nitrogen and oxygen atoms in total. The minimum Gasteiger partial charge on any atom is -0.447 e. The second-order valence-electron chi connectivity index (χ2n) is 7.23. The smallest absolute Gasteiger partial charge is 0.404 e. The molecule has 1 saturated carbocycles. The molecule has 2 aromatic rings. The third-order valence-electron chi connectivity index (χ3n) is 4.62. The zero-order valence-corrected chi connectivity index (χ0v) is 21.2. The number of rotatable bonds is 6. The molecule has 1 amide bonds. The molecular weight excluding hydrogens is 446 g/mol. The molecule has 3 rings (SSSR count). The molecule has 0 saturated heterocycles. The number of nitrogens with one attached hydrogen (secondary N) is 1. The minimum atomic E-state index is -1.34. The second-order valence-corrected chi connectivity index (χ2v) is 9.68. The van der Waals surface area contributed by atoms with Crippen molar-refractivity contribution >= 4 is 34.7 Å². The third-order valence-corrected chi connectivity index (χ3v) is 6.92. The first-order valence-corrected chi connectivity index (χ1v) is 12.9. The topological polar surface area (TPSA) is 111 Å². The molecular formula is C23H35N3O4S2. The maximum atomic E-state index is 12.3. The zero-order valence-electron chi connectivity index (χ0n) is 19.6. The Morgan fingerprint density at radius 3 is 2.44 bits per heavy atom. The first-order valence-electron chi connectivity index (χ1n) is 11.0. The highest BCUT2D eigenvalue weighted by Crippen LogP contribution is 2.38. The van der Waals surface area contributed by atoms with Gasteiger partial charge in [-0.05, 0) is 39.8 Å². The van der Waals surface area contributed by atoms with Gasteiger partial charge in [-0.1, -0.05) is 45.2 Å². The summed E-state index contributed by atoms with van der Waals surface area (Å²) in [7, 11) is 0.307. The monoisotopic (exact) mass is 481 g/mol. The minimum absolute atomic E-state index is 0.0995. The number of hydrogen-bond donors (Lipinski definition) is 2. The van der Waals surface area contributed by atoms with E-state index in [0.29, 0.717) is 16.4 Å². The fourth-order valence-corrected chi connectivity index (χ4v) is 5.29. The van der Waals surface area contributed by atoms with Crippen LogP contribution < -0.4 is 10.5 Å². The number of aldehydes is 1. The lowest BCUT2D eigenvalue weighted by Gasteiger charge is -2.18. The number of ether oxygens (including phenoxy) is 1. The summed E-state index contributed by atoms with van der Waals surface area (Å²) in [5, 5.41) is 1.18. The molecule has 178 valence electrons. The maximum Gasteiger partial charge on any atom is 0.404 e. The van der Waals surface area contributed by atoms with Crippen LogP contribution in [0.1, 0.15) is 81.1 Å². The Hall–Kier alpha value is -2.10. The summed E-state index contributed by atoms with van der Waals surface area (Å²) in [5.74, 6) is 0.565. The molecule has 0 bridgehead atoms. The summed E-state index contributed by atoms with van der Waals surface area (Å²) >= 11 is 1.69. The van der Waals surface area contributed by atoms with Crippen molar-refractivity contribution in [1.29, 1.82) is 0 Å². The van der Waals surface area contributed by atoms with Gasteiger partial charge >= 0.3 is 6.09 Å². The molecule has 0 aliphatic heterocycles. The van der Waals surface area contributed by atoms with Gasteiger partial charge in [0, 0.05) is 23.2 Å². The number of thiazole rings is 1. The Balaban J connectivity index is 0.000000488. The summed E-state index contributed by atoms with van der Waals surface area (Å²) < 4.78 is 19.4. The number of nitrogens with zero attached hydrogens (tertiary/aromatic N) is 1. The predicted molar refractivity (Wildman–Crippen MR) is 131 cm³/mol. The average molecular weight is 482 g/mol. The van der Waals surface area contributed by atoms with Gasteiger partial charge in [-0.25, -0.2) is 18.7 Å². The zero-order chi connectivity index (χ0) is 24.1. The van der Waals surface area contributed by atoms with E-state index in [2.05, 4.69) is 20.2 Å². The molecule has 0 radical (unpaired) electrons. The number of amides is 1. The molecule has 1 aliphatic rings. The van der Waals surface area contributed by atoms with Crippen molar-refractivity contribution in [2.75, 3.05) is 7.05 Å². The molecule has 1 heterocycles. The van der Waals surface area contributed by atoms with E-state index in [4.69, 9.17) is 0 Å². The Morgan fingerprint density at radius 1 is 1.28 bits per heavy atom. The highest BCUT2D eigenvalue weighted by Gasteiger charge is 2.20. The summed E-state index contributed by atoms with van der Waals surface area (Å²) in [6, 6.07) is 5.32. The van der Waals surface area contributed by atoms with Gasteiger partial charge in [-0.3, -0.25) is 4.79 Å². The largest absolute Gasteiger partial charge is 0.447 e. The molecule has 1 aromatic heterocycles. The van der Waals surface area contributed by atoms with Crippen LogP contribution >= 0.6 is 11.3 Å². The molecule has 9 heteroatoms. The number of nitrogens with two attached hydrogens (primary N) is 1. The van der Waals surface area contributed by atoms with Crippen LogP contribution in [0.25, 0.3) is 10.4 Å². The summed E-state index contributed by atoms with van der Waals surface area (Å²) in [4.78, 5) is 27.1. The van der Waals surface area contributed by atoms with Gasteiger partial charge in [0.2, 0.25) is 0 Å². The maximum absolute atomic E-state index is 12.3. The van der Waals surface area contributed by atoms with Crippen LogP contribution in [-0.4, -0.2) is 34.7 Å². The molecule has 0 spiro atoms. The lowest BCUT2D eigenvalue weighted by molar-refractivity contribution is 0.112. The van der Waals surface area contributed by atoms with Crippen molar-refractivity contribution < 1.29 is 18.5 Å². The Morgan fingerprint density at radius 2 is 1.94 bits per heavy atom. The van der Waals surface area contributed by atoms with Gasteiger partial charge in [0.05, 0.1) is 20.9 Å². The number of primary amides is 1. The highest BCUT2D eigenvalue weighted by molar-refractivity contribution is 7.83. The van der Waals surface area contributed by atoms with Crippen LogP contribution in [0.5, 0.6) is 0 Å². The van der Waals surface area contributed by atoms with Gasteiger partial charge in [0.1, 0.15) is 17.3 Å². The fourth-order valence-electron chi connectivity index (χ4n) is 3.26. The van der Waals surface area contributed by atoms with Crippen molar-refractivity contribution in [3.05, 3.63) is 35.0 Å². The second kappa shape index (κ2) is 14.9. The van der Waals surface area contributed by atoms with Crippen LogP contribution in [0, 0.1) is 0 Å². The average Bonchev–Trinajstić information content (AvgIpc) is 3.29. The Kier molecular flexibility index (Phi) is 13.0. The Bertz CT molecular complexity index is 878. The van der Waals surface area contributed by atoms with Gasteiger partial charge in [-0.2, -0.15) is 0 Å². The van der Waals surface area contributed by atoms with Crippen LogP contribution in [0.2, 0.25) is 0 Å². The van der Waals surface area contributed by atoms with Crippen LogP contribution in [0.4, 0.5) is 4.79 Å². The molecule has 1 aromatic carbocycles. The quantitative estimate of drug-likeness (QED) is 0.535. The van der Waals surface area contributed by atoms with Gasteiger partial charge in [0.25, 0.3) is 0 Å². The van der Waals surface area contributed by atoms with E-state index >= 15 is 0 Å². The molecule has 3 N–H and O–H groups in total. The van der Waals surface area contributed by atoms with E-state index in [1.165, 1.54) is 37.1 Å². The van der Waals surface area contributed by atoms with Crippen molar-refractivity contribution in [2.24, 2.45) is 5.73 Å². The van der Waals surface area contributed by atoms with Crippen molar-refractivity contribution in [3.63, 3.8) is 0 Å². The normalized spacial score (nSPS) is 14.4. The van der Waals surface area contributed by atoms with E-state index in [1.54, 1.807) is 44.4 Å². The lowest BCUT2D eigenvalue weighted by Crippen LogP contribution is -2.17. The summed E-state index contributed by atoms with van der Waals surface area (Å²) in [6.45, 7) is 7.48. The SMILES string of the molecule is CC.CC(C)OC(N)=O.CNS(=O)c1cc(C=O)ccc1-c1cnc(C2CCCCC2)s1. The van der Waals surface area contributed by atoms with Crippen LogP contribution in [0.3, 0.4) is 0 Å². The van der Waals surface area contributed by atoms with E-state index in [0.717, 1.165) is 16.7 Å². The standard InChI is InChI=1S/C17H20N2O2S2.C4H9NO2.C2H6/c1-18-23(21)16-9-12(11-20)7-8-14(16)15-10-19-17(22-15)13-5-3-2-4-6-13;1-3(2)7-4(5)6;1-2/h7-11,13,18H,2-6H2,1H3;3H,1-2H3,(H2,5,6);1-2H3. The van der Waals surface area contributed by atoms with Gasteiger partial charge < -0.3 is 10.5 Å². The number of carbonyl (C=O) groups excluding carboxylic acids is 2. The van der Waals surface area contributed by atoms with E-state index in [-0.39, 0.29) is 6.10 Å². The number of aromatic nitrogens is 1. The van der Waals surface area contributed by atoms with E-state index in [9.17, 15) is 13.8 Å². The van der Waals surface area contributed by atoms with Crippen molar-refractivity contribution in [1.82, 2.24) is 9.71 Å². The number of hydrogen-bond acceptors (Lipinski definition) is 6. The first-order chi connectivity index (χ1) is 15.3. The molecule has 1 unspecified atom stereocenters. The fraction of sp³-hybridized carbons (Fsp3) is 0.522. The van der Waals surface area contributed by atoms with Crippen molar-refractivity contribution in [3.8, 4) is 10.4 Å². The van der Waals surface area contributed by atoms with Gasteiger partial charge in [-0.15, -0.1) is 11.3 Å². The molecule has 32 heavy (non-hydrogen) atoms. The molecule has 1 fully saturated rings. The van der Waals surface area contributed by atoms with Crippen LogP contribution in [0.15, 0.2) is 29.3 Å². The first kappa shape index (κ1) is 27.9. The van der Waals surface area contributed by atoms with E-state index in [1.807, 2.05) is 26.1 Å². The Labute approximate surface area is 197 Å². The molecule has 1 aliphatic carbocycles. The predicted octanol–water partition coefficient (Wildman–Crippen LogP) is 5.43. The number of benzene rings is 1. The lowest BCUT2D eigenvalue weighted by atomic mass is 9.90. The highest BCUT2D eigenvalue weighted by atomic mass is 32.2. The van der Waals surface area contributed by atoms with E-state index < -0.39 is 17.1 Å². The summed E-state index contributed by atoms with van der Waals surface area (Å²) in [5.41, 5.74) is 6.06. The number of carbonyl (C=O) groups is 2. The summed E-state index contributed by atoms with van der Waals surface area (Å²) in [6.07, 6.45) is 8.16.